The Hall–Kier alpha value is -0.190. The quantitative estimate of drug-likeness (QED) is 0.0901. The summed E-state index contributed by atoms with van der Waals surface area (Å²) in [6.07, 6.45) is 26.3. The molecule has 1 aliphatic heterocycles. The van der Waals surface area contributed by atoms with Crippen molar-refractivity contribution < 1.29 is 24.0 Å². The highest BCUT2D eigenvalue weighted by Gasteiger charge is 2.10. The van der Waals surface area contributed by atoms with Gasteiger partial charge in [-0.15, -0.1) is 0 Å². The molecule has 0 fully saturated rings. The first-order valence-corrected chi connectivity index (χ1v) is 15.9. The zero-order valence-corrected chi connectivity index (χ0v) is 23.7. The second-order valence-corrected chi connectivity index (χ2v) is 13.2. The molecule has 34 heavy (non-hydrogen) atoms. The van der Waals surface area contributed by atoms with Crippen molar-refractivity contribution in [3.05, 3.63) is 12.3 Å². The van der Waals surface area contributed by atoms with Gasteiger partial charge >= 0.3 is 0 Å². The number of ether oxygens (including phenoxy) is 2. The Kier molecular flexibility index (Phi) is 19.6. The van der Waals surface area contributed by atoms with E-state index in [0.717, 1.165) is 68.2 Å². The highest BCUT2D eigenvalue weighted by Crippen LogP contribution is 2.32. The molecule has 2 N–H and O–H groups in total. The Bertz CT molecular complexity index is 484. The number of nitrogens with zero attached hydrogens (tertiary/aromatic N) is 1. The van der Waals surface area contributed by atoms with Crippen LogP contribution in [0.15, 0.2) is 12.3 Å². The molecule has 3 atom stereocenters. The van der Waals surface area contributed by atoms with Crippen LogP contribution < -0.4 is 0 Å². The van der Waals surface area contributed by atoms with Gasteiger partial charge in [0.05, 0.1) is 46.2 Å². The molecule has 1 heterocycles. The first-order chi connectivity index (χ1) is 16.4. The monoisotopic (exact) mass is 502 g/mol. The van der Waals surface area contributed by atoms with Crippen molar-refractivity contribution in [2.24, 2.45) is 0 Å². The van der Waals surface area contributed by atoms with Crippen LogP contribution >= 0.6 is 8.15 Å². The summed E-state index contributed by atoms with van der Waals surface area (Å²) in [5, 5.41) is 10.2. The smallest absolute Gasteiger partial charge is 0.188 e. The summed E-state index contributed by atoms with van der Waals surface area (Å²) in [4.78, 5) is 10.2. The molecule has 0 radical (unpaired) electrons. The van der Waals surface area contributed by atoms with Crippen LogP contribution in [0.4, 0.5) is 0 Å². The molecule has 5 nitrogen and oxygen atoms in total. The second-order valence-electron chi connectivity index (χ2n) is 11.3. The van der Waals surface area contributed by atoms with Gasteiger partial charge < -0.3 is 24.0 Å². The number of rotatable bonds is 23. The predicted octanol–water partition coefficient (Wildman–Crippen LogP) is 6.96. The number of quaternary nitrogens is 1. The maximum absolute atomic E-state index is 10.2. The average Bonchev–Trinajstić information content (AvgIpc) is 2.80. The summed E-state index contributed by atoms with van der Waals surface area (Å²) in [7, 11) is 5.91. The van der Waals surface area contributed by atoms with E-state index in [0.29, 0.717) is 6.79 Å². The Balaban J connectivity index is 1.77. The topological polar surface area (TPSA) is 58.9 Å². The lowest BCUT2D eigenvalue weighted by atomic mass is 10.0. The summed E-state index contributed by atoms with van der Waals surface area (Å²) in [6, 6.07) is 0. The van der Waals surface area contributed by atoms with Crippen LogP contribution in [0.2, 0.25) is 0 Å². The van der Waals surface area contributed by atoms with Crippen LogP contribution in [-0.4, -0.2) is 73.5 Å². The summed E-state index contributed by atoms with van der Waals surface area (Å²) in [5.74, 6) is 0. The maximum Gasteiger partial charge on any atom is 0.188 e. The van der Waals surface area contributed by atoms with Gasteiger partial charge in [-0.05, 0) is 56.9 Å². The molecule has 0 aromatic carbocycles. The number of aliphatic hydroxyl groups is 1. The average molecular weight is 503 g/mol. The molecule has 202 valence electrons. The van der Waals surface area contributed by atoms with Gasteiger partial charge in [-0.25, -0.2) is 0 Å². The molecule has 6 heteroatoms. The van der Waals surface area contributed by atoms with Gasteiger partial charge in [0, 0.05) is 8.15 Å². The van der Waals surface area contributed by atoms with E-state index in [4.69, 9.17) is 9.47 Å². The highest BCUT2D eigenvalue weighted by molar-refractivity contribution is 7.51. The minimum Gasteiger partial charge on any atom is -0.475 e. The number of hydrogen-bond donors (Lipinski definition) is 2. The third kappa shape index (κ3) is 21.1. The Morgan fingerprint density at radius 2 is 1.32 bits per heavy atom. The van der Waals surface area contributed by atoms with E-state index in [1.54, 1.807) is 6.26 Å². The van der Waals surface area contributed by atoms with Crippen molar-refractivity contribution in [3.63, 3.8) is 0 Å². The van der Waals surface area contributed by atoms with Crippen LogP contribution in [0.3, 0.4) is 0 Å². The van der Waals surface area contributed by atoms with Crippen molar-refractivity contribution in [2.75, 3.05) is 46.8 Å². The van der Waals surface area contributed by atoms with Crippen LogP contribution in [0.1, 0.15) is 109 Å². The van der Waals surface area contributed by atoms with E-state index in [2.05, 4.69) is 21.1 Å². The third-order valence-corrected chi connectivity index (χ3v) is 8.38. The maximum atomic E-state index is 10.2. The van der Waals surface area contributed by atoms with Gasteiger partial charge in [-0.1, -0.05) is 70.6 Å². The van der Waals surface area contributed by atoms with E-state index in [1.165, 1.54) is 64.3 Å². The normalized spacial score (nSPS) is 18.1. The van der Waals surface area contributed by atoms with Crippen molar-refractivity contribution in [1.82, 2.24) is 0 Å². The molecular weight excluding hydrogens is 445 g/mol. The van der Waals surface area contributed by atoms with Crippen LogP contribution in [-0.2, 0) is 9.47 Å². The SMILES string of the molecule is C[N+](C)(C)CCCCP(O)CCCCCC(O)CCCCCCCCCCCC1C=COCO1. The molecule has 0 aliphatic carbocycles. The molecule has 3 unspecified atom stereocenters. The molecule has 0 aromatic heterocycles. The van der Waals surface area contributed by atoms with Crippen LogP contribution in [0, 0.1) is 0 Å². The van der Waals surface area contributed by atoms with Crippen molar-refractivity contribution in [2.45, 2.75) is 121 Å². The standard InChI is InChI=1S/C28H57NO4P/c1-29(2,3)22-15-17-25-34(31)24-16-11-13-19-27(30)18-12-9-7-5-4-6-8-10-14-20-28-21-23-32-26-33-28/h21,23,27-28,30-31H,4-20,22,24-26H2,1-3H3/q+1. The Morgan fingerprint density at radius 3 is 1.88 bits per heavy atom. The molecule has 0 spiro atoms. The molecular formula is C28H57NO4P+. The number of hydrogen-bond acceptors (Lipinski definition) is 4. The zero-order valence-electron chi connectivity index (χ0n) is 22.8. The van der Waals surface area contributed by atoms with Gasteiger partial charge in [0.15, 0.2) is 6.79 Å². The minimum atomic E-state index is -0.766. The van der Waals surface area contributed by atoms with Gasteiger partial charge in [0.2, 0.25) is 0 Å². The summed E-state index contributed by atoms with van der Waals surface area (Å²) >= 11 is 0. The summed E-state index contributed by atoms with van der Waals surface area (Å²) < 4.78 is 11.6. The first-order valence-electron chi connectivity index (χ1n) is 14.2. The van der Waals surface area contributed by atoms with Gasteiger partial charge in [0.1, 0.15) is 0 Å². The molecule has 0 aromatic rings. The number of aliphatic hydroxyl groups excluding tert-OH is 1. The predicted molar refractivity (Wildman–Crippen MR) is 146 cm³/mol. The molecule has 0 saturated carbocycles. The Labute approximate surface area is 212 Å². The molecule has 0 saturated heterocycles. The van der Waals surface area contributed by atoms with E-state index in [9.17, 15) is 10.00 Å². The van der Waals surface area contributed by atoms with E-state index in [-0.39, 0.29) is 12.2 Å². The van der Waals surface area contributed by atoms with E-state index >= 15 is 0 Å². The van der Waals surface area contributed by atoms with Crippen LogP contribution in [0.25, 0.3) is 0 Å². The fraction of sp³-hybridized carbons (Fsp3) is 0.929. The van der Waals surface area contributed by atoms with Crippen molar-refractivity contribution in [3.8, 4) is 0 Å². The third-order valence-electron chi connectivity index (χ3n) is 6.71. The largest absolute Gasteiger partial charge is 0.475 e. The summed E-state index contributed by atoms with van der Waals surface area (Å²) in [6.45, 7) is 1.59. The molecule has 0 bridgehead atoms. The zero-order chi connectivity index (χ0) is 24.9. The summed E-state index contributed by atoms with van der Waals surface area (Å²) in [5.41, 5.74) is 0. The lowest BCUT2D eigenvalue weighted by Gasteiger charge is -2.23. The molecule has 1 rings (SSSR count). The van der Waals surface area contributed by atoms with Crippen molar-refractivity contribution >= 4 is 8.15 Å². The number of unbranched alkanes of at least 4 members (excludes halogenated alkanes) is 11. The Morgan fingerprint density at radius 1 is 0.794 bits per heavy atom. The highest BCUT2D eigenvalue weighted by atomic mass is 31.1. The van der Waals surface area contributed by atoms with E-state index < -0.39 is 8.15 Å². The first kappa shape index (κ1) is 31.8. The van der Waals surface area contributed by atoms with Crippen LogP contribution in [0.5, 0.6) is 0 Å². The lowest BCUT2D eigenvalue weighted by Crippen LogP contribution is -2.35. The van der Waals surface area contributed by atoms with Gasteiger partial charge in [-0.2, -0.15) is 0 Å². The lowest BCUT2D eigenvalue weighted by molar-refractivity contribution is -0.870. The van der Waals surface area contributed by atoms with Crippen molar-refractivity contribution in [1.29, 1.82) is 0 Å². The second kappa shape index (κ2) is 20.9. The minimum absolute atomic E-state index is 0.124. The fourth-order valence-electron chi connectivity index (χ4n) is 4.49. The molecule has 0 amide bonds. The van der Waals surface area contributed by atoms with E-state index in [1.807, 2.05) is 6.08 Å². The fourth-order valence-corrected chi connectivity index (χ4v) is 5.90. The van der Waals surface area contributed by atoms with Gasteiger partial charge in [0.25, 0.3) is 0 Å². The molecule has 1 aliphatic rings. The van der Waals surface area contributed by atoms with Gasteiger partial charge in [-0.3, -0.25) is 0 Å².